The van der Waals surface area contributed by atoms with Crippen molar-refractivity contribution in [2.24, 2.45) is 11.3 Å². The van der Waals surface area contributed by atoms with Crippen LogP contribution in [0.2, 0.25) is 0 Å². The molecule has 4 rings (SSSR count). The van der Waals surface area contributed by atoms with Gasteiger partial charge in [-0.2, -0.15) is 0 Å². The normalized spacial score (nSPS) is 30.0. The average molecular weight is 282 g/mol. The standard InChI is InChI=1S/C18H22N2O/c1-18(2)9-5-8-14(17(18)21)16-13-7-4-3-6-12(13)15-10-19-11-20(15)16/h3-4,6-7,10-11,14,16-17,21H,5,8-9H2,1-2H3/t14-,16-,17-/m0/s1. The molecule has 2 aliphatic rings. The summed E-state index contributed by atoms with van der Waals surface area (Å²) in [6.07, 6.45) is 6.99. The van der Waals surface area contributed by atoms with Gasteiger partial charge >= 0.3 is 0 Å². The molecule has 1 aliphatic heterocycles. The Bertz CT molecular complexity index is 673. The third-order valence-electron chi connectivity index (χ3n) is 5.49. The van der Waals surface area contributed by atoms with Crippen molar-refractivity contribution in [3.05, 3.63) is 42.4 Å². The van der Waals surface area contributed by atoms with Crippen LogP contribution in [-0.2, 0) is 0 Å². The zero-order chi connectivity index (χ0) is 14.6. The van der Waals surface area contributed by atoms with Gasteiger partial charge in [-0.1, -0.05) is 44.5 Å². The highest BCUT2D eigenvalue weighted by Crippen LogP contribution is 2.50. The molecular weight excluding hydrogens is 260 g/mol. The number of fused-ring (bicyclic) bond motifs is 3. The molecule has 1 N–H and O–H groups in total. The van der Waals surface area contributed by atoms with Gasteiger partial charge in [-0.3, -0.25) is 0 Å². The predicted octanol–water partition coefficient (Wildman–Crippen LogP) is 3.64. The molecule has 3 atom stereocenters. The van der Waals surface area contributed by atoms with E-state index in [2.05, 4.69) is 47.7 Å². The summed E-state index contributed by atoms with van der Waals surface area (Å²) in [5.41, 5.74) is 3.81. The topological polar surface area (TPSA) is 38.0 Å². The van der Waals surface area contributed by atoms with Crippen LogP contribution in [0.15, 0.2) is 36.8 Å². The summed E-state index contributed by atoms with van der Waals surface area (Å²) in [4.78, 5) is 4.33. The molecule has 3 nitrogen and oxygen atoms in total. The number of benzene rings is 1. The molecule has 1 aromatic heterocycles. The Morgan fingerprint density at radius 2 is 2.10 bits per heavy atom. The fraction of sp³-hybridized carbons (Fsp3) is 0.500. The van der Waals surface area contributed by atoms with Gasteiger partial charge in [-0.05, 0) is 23.8 Å². The van der Waals surface area contributed by atoms with Gasteiger partial charge in [-0.15, -0.1) is 0 Å². The van der Waals surface area contributed by atoms with Crippen LogP contribution in [0.1, 0.15) is 44.7 Å². The number of hydrogen-bond donors (Lipinski definition) is 1. The van der Waals surface area contributed by atoms with Crippen LogP contribution in [0.5, 0.6) is 0 Å². The molecule has 0 spiro atoms. The summed E-state index contributed by atoms with van der Waals surface area (Å²) in [7, 11) is 0. The fourth-order valence-electron chi connectivity index (χ4n) is 4.32. The molecule has 1 aromatic carbocycles. The van der Waals surface area contributed by atoms with Crippen LogP contribution in [0, 0.1) is 11.3 Å². The van der Waals surface area contributed by atoms with Gasteiger partial charge in [0.15, 0.2) is 0 Å². The van der Waals surface area contributed by atoms with E-state index >= 15 is 0 Å². The minimum absolute atomic E-state index is 0.00119. The van der Waals surface area contributed by atoms with Gasteiger partial charge in [0.1, 0.15) is 0 Å². The van der Waals surface area contributed by atoms with E-state index < -0.39 is 0 Å². The Morgan fingerprint density at radius 3 is 2.95 bits per heavy atom. The van der Waals surface area contributed by atoms with E-state index in [-0.39, 0.29) is 23.5 Å². The lowest BCUT2D eigenvalue weighted by molar-refractivity contribution is -0.0443. The maximum absolute atomic E-state index is 10.9. The van der Waals surface area contributed by atoms with Crippen LogP contribution < -0.4 is 0 Å². The molecular formula is C18H22N2O. The van der Waals surface area contributed by atoms with Crippen molar-refractivity contribution in [3.63, 3.8) is 0 Å². The van der Waals surface area contributed by atoms with E-state index in [0.29, 0.717) is 0 Å². The molecule has 21 heavy (non-hydrogen) atoms. The number of nitrogens with zero attached hydrogens (tertiary/aromatic N) is 2. The Balaban J connectivity index is 1.82. The smallest absolute Gasteiger partial charge is 0.0956 e. The molecule has 0 saturated heterocycles. The van der Waals surface area contributed by atoms with Crippen molar-refractivity contribution >= 4 is 0 Å². The lowest BCUT2D eigenvalue weighted by Crippen LogP contribution is -2.43. The summed E-state index contributed by atoms with van der Waals surface area (Å²) >= 11 is 0. The quantitative estimate of drug-likeness (QED) is 0.867. The lowest BCUT2D eigenvalue weighted by Gasteiger charge is -2.43. The summed E-state index contributed by atoms with van der Waals surface area (Å²) in [6, 6.07) is 8.80. The largest absolute Gasteiger partial charge is 0.392 e. The van der Waals surface area contributed by atoms with Crippen LogP contribution in [0.25, 0.3) is 11.3 Å². The first-order valence-corrected chi connectivity index (χ1v) is 7.89. The molecule has 1 aliphatic carbocycles. The highest BCUT2D eigenvalue weighted by Gasteiger charge is 2.45. The van der Waals surface area contributed by atoms with E-state index in [9.17, 15) is 5.11 Å². The minimum atomic E-state index is -0.266. The van der Waals surface area contributed by atoms with Crippen LogP contribution >= 0.6 is 0 Å². The number of rotatable bonds is 1. The second-order valence-electron chi connectivity index (χ2n) is 7.21. The maximum atomic E-state index is 10.9. The molecule has 110 valence electrons. The molecule has 0 unspecified atom stereocenters. The summed E-state index contributed by atoms with van der Waals surface area (Å²) < 4.78 is 2.26. The van der Waals surface area contributed by atoms with E-state index in [1.807, 2.05) is 12.5 Å². The van der Waals surface area contributed by atoms with E-state index in [4.69, 9.17) is 0 Å². The van der Waals surface area contributed by atoms with Crippen molar-refractivity contribution in [1.82, 2.24) is 9.55 Å². The zero-order valence-electron chi connectivity index (χ0n) is 12.7. The van der Waals surface area contributed by atoms with Crippen molar-refractivity contribution in [2.45, 2.75) is 45.3 Å². The third-order valence-corrected chi connectivity index (χ3v) is 5.49. The Morgan fingerprint density at radius 1 is 1.29 bits per heavy atom. The molecule has 2 aromatic rings. The second-order valence-corrected chi connectivity index (χ2v) is 7.21. The first kappa shape index (κ1) is 13.1. The summed E-state index contributed by atoms with van der Waals surface area (Å²) in [5.74, 6) is 0.269. The number of hydrogen-bond acceptors (Lipinski definition) is 2. The highest BCUT2D eigenvalue weighted by atomic mass is 16.3. The summed E-state index contributed by atoms with van der Waals surface area (Å²) in [6.45, 7) is 4.39. The van der Waals surface area contributed by atoms with Crippen LogP contribution in [-0.4, -0.2) is 20.8 Å². The molecule has 3 heteroatoms. The number of aromatic nitrogens is 2. The monoisotopic (exact) mass is 282 g/mol. The van der Waals surface area contributed by atoms with Crippen LogP contribution in [0.3, 0.4) is 0 Å². The molecule has 1 fully saturated rings. The van der Waals surface area contributed by atoms with Crippen molar-refractivity contribution in [2.75, 3.05) is 0 Å². The summed E-state index contributed by atoms with van der Waals surface area (Å²) in [5, 5.41) is 10.9. The average Bonchev–Trinajstić information content (AvgIpc) is 3.03. The first-order valence-electron chi connectivity index (χ1n) is 7.89. The number of imidazole rings is 1. The second kappa shape index (κ2) is 4.44. The van der Waals surface area contributed by atoms with Crippen molar-refractivity contribution < 1.29 is 5.11 Å². The zero-order valence-corrected chi connectivity index (χ0v) is 12.7. The SMILES string of the molecule is CC1(C)CCC[C@@H]([C@@H]2c3ccccc3-c3cncn32)[C@@H]1O. The van der Waals surface area contributed by atoms with Gasteiger partial charge in [0.25, 0.3) is 0 Å². The maximum Gasteiger partial charge on any atom is 0.0956 e. The molecule has 0 radical (unpaired) electrons. The molecule has 0 amide bonds. The third kappa shape index (κ3) is 1.80. The van der Waals surface area contributed by atoms with Gasteiger partial charge in [0.05, 0.1) is 30.4 Å². The number of aliphatic hydroxyl groups is 1. The Kier molecular flexibility index (Phi) is 2.77. The Labute approximate surface area is 125 Å². The van der Waals surface area contributed by atoms with E-state index in [1.54, 1.807) is 0 Å². The van der Waals surface area contributed by atoms with Gasteiger partial charge in [0, 0.05) is 11.5 Å². The van der Waals surface area contributed by atoms with Gasteiger partial charge < -0.3 is 9.67 Å². The predicted molar refractivity (Wildman–Crippen MR) is 82.9 cm³/mol. The molecule has 0 bridgehead atoms. The van der Waals surface area contributed by atoms with Gasteiger partial charge in [-0.25, -0.2) is 4.98 Å². The highest BCUT2D eigenvalue weighted by molar-refractivity contribution is 5.69. The fourth-order valence-corrected chi connectivity index (χ4v) is 4.32. The van der Waals surface area contributed by atoms with Crippen molar-refractivity contribution in [3.8, 4) is 11.3 Å². The lowest BCUT2D eigenvalue weighted by atomic mass is 9.66. The Hall–Kier alpha value is -1.61. The molecule has 2 heterocycles. The van der Waals surface area contributed by atoms with E-state index in [1.165, 1.54) is 23.2 Å². The molecule has 1 saturated carbocycles. The number of aliphatic hydroxyl groups excluding tert-OH is 1. The van der Waals surface area contributed by atoms with Gasteiger partial charge in [0.2, 0.25) is 0 Å². The van der Waals surface area contributed by atoms with E-state index in [0.717, 1.165) is 12.8 Å². The van der Waals surface area contributed by atoms with Crippen molar-refractivity contribution in [1.29, 1.82) is 0 Å². The first-order chi connectivity index (χ1) is 10.1. The van der Waals surface area contributed by atoms with Crippen LogP contribution in [0.4, 0.5) is 0 Å². The minimum Gasteiger partial charge on any atom is -0.392 e.